The molecule has 5 N–H and O–H groups in total. The lowest BCUT2D eigenvalue weighted by Crippen LogP contribution is -2.26. The van der Waals surface area contributed by atoms with Crippen molar-refractivity contribution in [3.8, 4) is 5.75 Å². The lowest BCUT2D eigenvalue weighted by atomic mass is 10.3. The monoisotopic (exact) mass is 254 g/mol. The van der Waals surface area contributed by atoms with Gasteiger partial charge in [-0.25, -0.2) is 5.84 Å². The smallest absolute Gasteiger partial charge is 0.412 e. The van der Waals surface area contributed by atoms with Crippen molar-refractivity contribution in [3.05, 3.63) is 30.3 Å². The van der Waals surface area contributed by atoms with E-state index in [4.69, 9.17) is 0 Å². The number of halogens is 3. The Bertz CT molecular complexity index is 317. The van der Waals surface area contributed by atoms with Gasteiger partial charge in [-0.15, -0.1) is 13.2 Å². The number of benzene rings is 1. The fourth-order valence-electron chi connectivity index (χ4n) is 0.622. The minimum Gasteiger partial charge on any atom is -0.412 e. The van der Waals surface area contributed by atoms with Crippen LogP contribution in [0.4, 0.5) is 13.2 Å². The third kappa shape index (κ3) is 12.1. The Kier molecular flexibility index (Phi) is 8.65. The third-order valence-corrected chi connectivity index (χ3v) is 1.18. The van der Waals surface area contributed by atoms with Gasteiger partial charge in [-0.2, -0.15) is 0 Å². The van der Waals surface area contributed by atoms with Crippen LogP contribution in [0.3, 0.4) is 0 Å². The van der Waals surface area contributed by atoms with E-state index in [-0.39, 0.29) is 17.1 Å². The summed E-state index contributed by atoms with van der Waals surface area (Å²) in [4.78, 5) is 9.58. The molecular formula is C9H13F3N2O3. The lowest BCUT2D eigenvalue weighted by molar-refractivity contribution is -0.274. The molecule has 0 atom stereocenters. The minimum atomic E-state index is -4.60. The Labute approximate surface area is 95.6 Å². The second kappa shape index (κ2) is 8.36. The molecule has 8 heteroatoms. The highest BCUT2D eigenvalue weighted by Gasteiger charge is 2.30. The molecule has 5 nitrogen and oxygen atoms in total. The van der Waals surface area contributed by atoms with Crippen molar-refractivity contribution < 1.29 is 28.2 Å². The summed E-state index contributed by atoms with van der Waals surface area (Å²) in [6.07, 6.45) is -4.60. The highest BCUT2D eigenvalue weighted by Crippen LogP contribution is 2.21. The Morgan fingerprint density at radius 2 is 1.71 bits per heavy atom. The molecule has 98 valence electrons. The van der Waals surface area contributed by atoms with Gasteiger partial charge in [0.05, 0.1) is 0 Å². The van der Waals surface area contributed by atoms with E-state index < -0.39 is 6.36 Å². The van der Waals surface area contributed by atoms with Gasteiger partial charge in [0.2, 0.25) is 5.91 Å². The average molecular weight is 254 g/mol. The number of ether oxygens (including phenoxy) is 1. The SMILES string of the molecule is CC(=O)NN.FC(F)(F)Oc1ccccc1.O. The van der Waals surface area contributed by atoms with Crippen molar-refractivity contribution in [1.82, 2.24) is 5.43 Å². The normalized spacial score (nSPS) is 9.24. The first kappa shape index (κ1) is 17.6. The quantitative estimate of drug-likeness (QED) is 0.440. The average Bonchev–Trinajstić information content (AvgIpc) is 2.17. The summed E-state index contributed by atoms with van der Waals surface area (Å²) < 4.78 is 38.2. The number of hydrogen-bond donors (Lipinski definition) is 2. The van der Waals surface area contributed by atoms with Crippen LogP contribution in [0.25, 0.3) is 0 Å². The molecular weight excluding hydrogens is 241 g/mol. The molecule has 0 spiro atoms. The van der Waals surface area contributed by atoms with Crippen LogP contribution in [0, 0.1) is 0 Å². The molecule has 0 heterocycles. The lowest BCUT2D eigenvalue weighted by Gasteiger charge is -2.07. The highest BCUT2D eigenvalue weighted by atomic mass is 19.4. The topological polar surface area (TPSA) is 95.9 Å². The molecule has 0 saturated carbocycles. The molecule has 0 radical (unpaired) electrons. The number of carbonyl (C=O) groups excluding carboxylic acids is 1. The van der Waals surface area contributed by atoms with Gasteiger partial charge in [-0.05, 0) is 12.1 Å². The van der Waals surface area contributed by atoms with E-state index >= 15 is 0 Å². The predicted octanol–water partition coefficient (Wildman–Crippen LogP) is 0.757. The van der Waals surface area contributed by atoms with Crippen LogP contribution >= 0.6 is 0 Å². The molecule has 17 heavy (non-hydrogen) atoms. The van der Waals surface area contributed by atoms with E-state index in [0.29, 0.717) is 0 Å². The highest BCUT2D eigenvalue weighted by molar-refractivity contribution is 5.71. The first-order valence-electron chi connectivity index (χ1n) is 4.13. The standard InChI is InChI=1S/C7H5F3O.C2H6N2O.H2O/c8-7(9,10)11-6-4-2-1-3-5-6;1-2(5)4-3;/h1-5H;3H2,1H3,(H,4,5);1H2. The molecule has 0 fully saturated rings. The second-order valence-corrected chi connectivity index (χ2v) is 2.56. The summed E-state index contributed by atoms with van der Waals surface area (Å²) in [7, 11) is 0. The number of para-hydroxylation sites is 1. The Morgan fingerprint density at radius 3 is 2.00 bits per heavy atom. The molecule has 0 aliphatic carbocycles. The zero-order valence-corrected chi connectivity index (χ0v) is 8.91. The molecule has 1 aromatic rings. The maximum atomic E-state index is 11.5. The summed E-state index contributed by atoms with van der Waals surface area (Å²) in [6, 6.07) is 7.05. The van der Waals surface area contributed by atoms with Crippen molar-refractivity contribution in [3.63, 3.8) is 0 Å². The number of hydrazine groups is 1. The van der Waals surface area contributed by atoms with Crippen LogP contribution in [0.1, 0.15) is 6.92 Å². The molecule has 1 rings (SSSR count). The van der Waals surface area contributed by atoms with E-state index in [1.807, 2.05) is 5.43 Å². The van der Waals surface area contributed by atoms with Crippen molar-refractivity contribution >= 4 is 5.91 Å². The molecule has 0 aliphatic rings. The molecule has 1 amide bonds. The Hall–Kier alpha value is -1.80. The van der Waals surface area contributed by atoms with Crippen LogP contribution in [-0.4, -0.2) is 17.7 Å². The van der Waals surface area contributed by atoms with E-state index in [0.717, 1.165) is 0 Å². The number of carbonyl (C=O) groups is 1. The molecule has 0 aliphatic heterocycles. The zero-order chi connectivity index (χ0) is 12.6. The summed E-state index contributed by atoms with van der Waals surface area (Å²) in [5, 5.41) is 0. The largest absolute Gasteiger partial charge is 0.573 e. The van der Waals surface area contributed by atoms with Crippen molar-refractivity contribution in [2.45, 2.75) is 13.3 Å². The first-order chi connectivity index (χ1) is 7.35. The second-order valence-electron chi connectivity index (χ2n) is 2.56. The van der Waals surface area contributed by atoms with Crippen LogP contribution in [-0.2, 0) is 4.79 Å². The van der Waals surface area contributed by atoms with Crippen LogP contribution in [0.5, 0.6) is 5.75 Å². The van der Waals surface area contributed by atoms with E-state index in [2.05, 4.69) is 10.6 Å². The first-order valence-corrected chi connectivity index (χ1v) is 4.13. The van der Waals surface area contributed by atoms with Gasteiger partial charge in [-0.1, -0.05) is 18.2 Å². The number of hydrogen-bond acceptors (Lipinski definition) is 3. The fourth-order valence-corrected chi connectivity index (χ4v) is 0.622. The van der Waals surface area contributed by atoms with Crippen molar-refractivity contribution in [1.29, 1.82) is 0 Å². The van der Waals surface area contributed by atoms with Crippen LogP contribution < -0.4 is 16.0 Å². The van der Waals surface area contributed by atoms with Crippen molar-refractivity contribution in [2.75, 3.05) is 0 Å². The summed E-state index contributed by atoms with van der Waals surface area (Å²) in [5.41, 5.74) is 1.89. The molecule has 1 aromatic carbocycles. The van der Waals surface area contributed by atoms with Gasteiger partial charge in [-0.3, -0.25) is 10.2 Å². The molecule has 0 bridgehead atoms. The zero-order valence-electron chi connectivity index (χ0n) is 8.91. The van der Waals surface area contributed by atoms with Gasteiger partial charge in [0, 0.05) is 6.92 Å². The summed E-state index contributed by atoms with van der Waals surface area (Å²) in [6.45, 7) is 1.35. The fraction of sp³-hybridized carbons (Fsp3) is 0.222. The number of alkyl halides is 3. The predicted molar refractivity (Wildman–Crippen MR) is 54.7 cm³/mol. The van der Waals surface area contributed by atoms with Gasteiger partial charge < -0.3 is 10.2 Å². The van der Waals surface area contributed by atoms with Gasteiger partial charge in [0.25, 0.3) is 0 Å². The van der Waals surface area contributed by atoms with Gasteiger partial charge in [0.15, 0.2) is 0 Å². The number of amides is 1. The van der Waals surface area contributed by atoms with Crippen molar-refractivity contribution in [2.24, 2.45) is 5.84 Å². The van der Waals surface area contributed by atoms with E-state index in [1.165, 1.54) is 31.2 Å². The number of nitrogens with one attached hydrogen (secondary N) is 1. The van der Waals surface area contributed by atoms with Gasteiger partial charge >= 0.3 is 6.36 Å². The summed E-state index contributed by atoms with van der Waals surface area (Å²) in [5.74, 6) is 4.16. The van der Waals surface area contributed by atoms with E-state index in [1.54, 1.807) is 6.07 Å². The third-order valence-electron chi connectivity index (χ3n) is 1.18. The number of rotatable bonds is 1. The van der Waals surface area contributed by atoms with E-state index in [9.17, 15) is 18.0 Å². The maximum Gasteiger partial charge on any atom is 0.573 e. The molecule has 0 saturated heterocycles. The minimum absolute atomic E-state index is 0. The number of nitrogens with two attached hydrogens (primary N) is 1. The Morgan fingerprint density at radius 1 is 1.29 bits per heavy atom. The van der Waals surface area contributed by atoms with Crippen LogP contribution in [0.2, 0.25) is 0 Å². The summed E-state index contributed by atoms with van der Waals surface area (Å²) >= 11 is 0. The Balaban J connectivity index is 0. The maximum absolute atomic E-state index is 11.5. The van der Waals surface area contributed by atoms with Crippen LogP contribution in [0.15, 0.2) is 30.3 Å². The molecule has 0 unspecified atom stereocenters. The van der Waals surface area contributed by atoms with Gasteiger partial charge in [0.1, 0.15) is 5.75 Å². The molecule has 0 aromatic heterocycles.